The molecule has 0 aliphatic rings. The van der Waals surface area contributed by atoms with Gasteiger partial charge in [0.15, 0.2) is 0 Å². The van der Waals surface area contributed by atoms with Crippen molar-refractivity contribution >= 4 is 34.2 Å². The summed E-state index contributed by atoms with van der Waals surface area (Å²) in [6, 6.07) is 0. The maximum atomic E-state index is 12.1. The van der Waals surface area contributed by atoms with Crippen molar-refractivity contribution in [3.63, 3.8) is 0 Å². The molecule has 0 aromatic rings. The van der Waals surface area contributed by atoms with E-state index in [0.717, 1.165) is 0 Å². The van der Waals surface area contributed by atoms with Crippen LogP contribution >= 0.6 is 18.4 Å². The Morgan fingerprint density at radius 1 is 1.26 bits per heavy atom. The molecule has 0 aromatic carbocycles. The third kappa shape index (κ3) is 10.9. The van der Waals surface area contributed by atoms with Gasteiger partial charge < -0.3 is 9.29 Å². The van der Waals surface area contributed by atoms with Crippen molar-refractivity contribution in [1.82, 2.24) is 0 Å². The van der Waals surface area contributed by atoms with Crippen LogP contribution in [0.3, 0.4) is 0 Å². The monoisotopic (exact) mass is 330 g/mol. The molecular formula is C11H23O5PS2. The van der Waals surface area contributed by atoms with Crippen LogP contribution in [-0.4, -0.2) is 35.1 Å². The topological polar surface area (TPSA) is 67.8 Å². The number of hydrogen-bond donors (Lipinski definition) is 0. The van der Waals surface area contributed by atoms with Crippen LogP contribution in [0.1, 0.15) is 41.0 Å². The van der Waals surface area contributed by atoms with E-state index in [1.165, 1.54) is 10.8 Å². The van der Waals surface area contributed by atoms with Crippen LogP contribution in [0, 0.1) is 0 Å². The molecule has 0 aliphatic heterocycles. The first-order chi connectivity index (χ1) is 8.86. The Morgan fingerprint density at radius 3 is 2.21 bits per heavy atom. The second-order valence-electron chi connectivity index (χ2n) is 4.13. The Hall–Kier alpha value is 0.480. The third-order valence-electron chi connectivity index (χ3n) is 1.51. The highest BCUT2D eigenvalue weighted by atomic mass is 33.4. The first-order valence-corrected chi connectivity index (χ1v) is 10.6. The zero-order chi connectivity index (χ0) is 14.8. The molecule has 0 aliphatic carbocycles. The molecule has 0 saturated carbocycles. The summed E-state index contributed by atoms with van der Waals surface area (Å²) < 4.78 is 27.9. The van der Waals surface area contributed by atoms with Gasteiger partial charge in [0.05, 0.1) is 51.6 Å². The van der Waals surface area contributed by atoms with E-state index < -0.39 is 17.4 Å². The molecule has 8 heteroatoms. The average molecular weight is 330 g/mol. The van der Waals surface area contributed by atoms with Gasteiger partial charge in [-0.25, -0.2) is 0 Å². The van der Waals surface area contributed by atoms with Gasteiger partial charge in [-0.3, -0.25) is 13.8 Å². The van der Waals surface area contributed by atoms with E-state index in [2.05, 4.69) is 0 Å². The van der Waals surface area contributed by atoms with E-state index in [9.17, 15) is 9.35 Å². The average Bonchev–Trinajstić information content (AvgIpc) is 2.27. The van der Waals surface area contributed by atoms with Gasteiger partial charge in [0.2, 0.25) is 0 Å². The zero-order valence-corrected chi connectivity index (χ0v) is 14.6. The molecular weight excluding hydrogens is 307 g/mol. The summed E-state index contributed by atoms with van der Waals surface area (Å²) in [6.45, 7) is 9.62. The molecule has 19 heavy (non-hydrogen) atoms. The van der Waals surface area contributed by atoms with Crippen molar-refractivity contribution in [3.8, 4) is 0 Å². The number of carbonyl (C=O) groups is 1. The van der Waals surface area contributed by atoms with Gasteiger partial charge in [0, 0.05) is 0 Å². The van der Waals surface area contributed by atoms with Gasteiger partial charge in [-0.2, -0.15) is 0 Å². The Balaban J connectivity index is 4.08. The predicted octanol–water partition coefficient (Wildman–Crippen LogP) is 3.41. The van der Waals surface area contributed by atoms with Gasteiger partial charge in [0.25, 0.3) is 0 Å². The molecule has 0 bridgehead atoms. The van der Waals surface area contributed by atoms with E-state index in [1.807, 2.05) is 27.7 Å². The van der Waals surface area contributed by atoms with E-state index in [4.69, 9.17) is 13.8 Å². The van der Waals surface area contributed by atoms with Crippen molar-refractivity contribution in [2.24, 2.45) is 0 Å². The lowest BCUT2D eigenvalue weighted by Gasteiger charge is -2.20. The molecule has 0 spiro atoms. The highest BCUT2D eigenvalue weighted by Gasteiger charge is 2.32. The fourth-order valence-electron chi connectivity index (χ4n) is 0.912. The van der Waals surface area contributed by atoms with Crippen LogP contribution in [0.4, 0.5) is 0 Å². The van der Waals surface area contributed by atoms with Crippen molar-refractivity contribution in [3.05, 3.63) is 0 Å². The van der Waals surface area contributed by atoms with E-state index in [0.29, 0.717) is 12.4 Å². The summed E-state index contributed by atoms with van der Waals surface area (Å²) in [7, 11) is -1.57. The quantitative estimate of drug-likeness (QED) is 0.265. The molecule has 0 heterocycles. The van der Waals surface area contributed by atoms with Crippen LogP contribution in [0.25, 0.3) is 0 Å². The maximum absolute atomic E-state index is 12.1. The van der Waals surface area contributed by atoms with Gasteiger partial charge in [-0.15, -0.1) is 0 Å². The molecule has 0 radical (unpaired) electrons. The molecule has 0 amide bonds. The van der Waals surface area contributed by atoms with Gasteiger partial charge in [-0.05, 0) is 34.6 Å². The lowest BCUT2D eigenvalue weighted by atomic mass is 10.5. The minimum Gasteiger partial charge on any atom is -0.600 e. The molecule has 0 aromatic heterocycles. The zero-order valence-electron chi connectivity index (χ0n) is 12.1. The number of ether oxygens (including phenoxy) is 1. The minimum atomic E-state index is -1.46. The normalized spacial score (nSPS) is 13.3. The molecule has 0 fully saturated rings. The Bertz CT molecular complexity index is 243. The molecule has 0 saturated heterocycles. The maximum Gasteiger partial charge on any atom is 0.439 e. The summed E-state index contributed by atoms with van der Waals surface area (Å²) >= 11 is 0. The van der Waals surface area contributed by atoms with Gasteiger partial charge in [-0.1, -0.05) is 0 Å². The SMILES string of the molecule is CCOC(=O)CCS[S+]([O-])P(OC(C)C)OC(C)C. The van der Waals surface area contributed by atoms with E-state index >= 15 is 0 Å². The van der Waals surface area contributed by atoms with Crippen LogP contribution in [0.15, 0.2) is 0 Å². The van der Waals surface area contributed by atoms with Crippen molar-refractivity contribution < 1.29 is 23.1 Å². The summed E-state index contributed by atoms with van der Waals surface area (Å²) in [5.41, 5.74) is 0. The predicted molar refractivity (Wildman–Crippen MR) is 81.2 cm³/mol. The van der Waals surface area contributed by atoms with Gasteiger partial charge >= 0.3 is 13.5 Å². The fraction of sp³-hybridized carbons (Fsp3) is 0.909. The third-order valence-corrected chi connectivity index (χ3v) is 7.91. The van der Waals surface area contributed by atoms with Crippen molar-refractivity contribution in [2.45, 2.75) is 53.2 Å². The van der Waals surface area contributed by atoms with Crippen molar-refractivity contribution in [2.75, 3.05) is 12.4 Å². The molecule has 114 valence electrons. The van der Waals surface area contributed by atoms with Crippen LogP contribution in [0.5, 0.6) is 0 Å². The molecule has 0 N–H and O–H groups in total. The Morgan fingerprint density at radius 2 is 1.79 bits per heavy atom. The largest absolute Gasteiger partial charge is 0.600 e. The lowest BCUT2D eigenvalue weighted by molar-refractivity contribution is -0.142. The summed E-state index contributed by atoms with van der Waals surface area (Å²) in [6.07, 6.45) is 0.162. The van der Waals surface area contributed by atoms with Crippen molar-refractivity contribution in [1.29, 1.82) is 0 Å². The smallest absolute Gasteiger partial charge is 0.439 e. The molecule has 1 unspecified atom stereocenters. The summed E-state index contributed by atoms with van der Waals surface area (Å²) in [5, 5.41) is 0. The highest BCUT2D eigenvalue weighted by molar-refractivity contribution is 8.92. The summed E-state index contributed by atoms with van der Waals surface area (Å²) in [5.74, 6) is 0.165. The number of esters is 1. The Labute approximate surface area is 123 Å². The lowest BCUT2D eigenvalue weighted by Crippen LogP contribution is -2.10. The number of rotatable bonds is 10. The Kier molecular flexibility index (Phi) is 11.5. The van der Waals surface area contributed by atoms with E-state index in [-0.39, 0.29) is 24.6 Å². The minimum absolute atomic E-state index is 0.0422. The highest BCUT2D eigenvalue weighted by Crippen LogP contribution is 2.52. The first-order valence-electron chi connectivity index (χ1n) is 6.21. The second-order valence-corrected chi connectivity index (χ2v) is 10.3. The van der Waals surface area contributed by atoms with Crippen LogP contribution < -0.4 is 0 Å². The second kappa shape index (κ2) is 11.2. The standard InChI is InChI=1S/C11H23O5PS2/c1-6-14-11(12)7-8-18-19(13)17(15-9(2)3)16-10(4)5/h9-10H,6-8H2,1-5H3. The van der Waals surface area contributed by atoms with Crippen LogP contribution in [-0.2, 0) is 28.4 Å². The first kappa shape index (κ1) is 19.5. The number of carbonyl (C=O) groups excluding carboxylic acids is 1. The number of hydrogen-bond acceptors (Lipinski definition) is 6. The van der Waals surface area contributed by atoms with Crippen LogP contribution in [0.2, 0.25) is 0 Å². The van der Waals surface area contributed by atoms with E-state index in [1.54, 1.807) is 6.92 Å². The van der Waals surface area contributed by atoms with Gasteiger partial charge in [0.1, 0.15) is 0 Å². The fourth-order valence-corrected chi connectivity index (χ4v) is 6.74. The molecule has 0 rings (SSSR count). The molecule has 5 nitrogen and oxygen atoms in total. The summed E-state index contributed by atoms with van der Waals surface area (Å²) in [4.78, 5) is 11.2. The molecule has 1 atom stereocenters.